The third-order valence-corrected chi connectivity index (χ3v) is 2.97. The number of nitro benzene ring substituents is 1. The Hall–Kier alpha value is -2.96. The molecule has 0 saturated heterocycles. The minimum atomic E-state index is -1.20. The maximum atomic E-state index is 11.3. The molecule has 2 aromatic rings. The number of anilines is 1. The monoisotopic (exact) mass is 287 g/mol. The molecule has 0 aliphatic rings. The van der Waals surface area contributed by atoms with Crippen LogP contribution in [-0.2, 0) is 6.54 Å². The number of para-hydroxylation sites is 1. The van der Waals surface area contributed by atoms with Crippen LogP contribution in [0.15, 0.2) is 42.7 Å². The van der Waals surface area contributed by atoms with E-state index < -0.39 is 10.9 Å². The number of pyridine rings is 1. The summed E-state index contributed by atoms with van der Waals surface area (Å²) in [5.41, 5.74) is 0.574. The van der Waals surface area contributed by atoms with Gasteiger partial charge in [-0.05, 0) is 17.7 Å². The van der Waals surface area contributed by atoms with E-state index >= 15 is 0 Å². The number of nitro groups is 1. The van der Waals surface area contributed by atoms with Gasteiger partial charge >= 0.3 is 5.97 Å². The van der Waals surface area contributed by atoms with Gasteiger partial charge in [0.1, 0.15) is 5.69 Å². The number of hydrogen-bond acceptors (Lipinski definition) is 5. The molecule has 0 atom stereocenters. The van der Waals surface area contributed by atoms with Crippen molar-refractivity contribution in [1.82, 2.24) is 4.98 Å². The van der Waals surface area contributed by atoms with E-state index in [1.165, 1.54) is 18.2 Å². The minimum Gasteiger partial charge on any atom is -0.478 e. The fraction of sp³-hybridized carbons (Fsp3) is 0.143. The summed E-state index contributed by atoms with van der Waals surface area (Å²) in [5.74, 6) is -1.20. The highest BCUT2D eigenvalue weighted by Gasteiger charge is 2.24. The maximum Gasteiger partial charge on any atom is 0.338 e. The molecule has 0 spiro atoms. The Kier molecular flexibility index (Phi) is 4.13. The molecule has 0 fully saturated rings. The van der Waals surface area contributed by atoms with Gasteiger partial charge in [0.25, 0.3) is 5.69 Å². The highest BCUT2D eigenvalue weighted by molar-refractivity contribution is 5.97. The van der Waals surface area contributed by atoms with Crippen LogP contribution >= 0.6 is 0 Å². The Labute approximate surface area is 120 Å². The molecule has 108 valence electrons. The number of aromatic carboxylic acids is 1. The van der Waals surface area contributed by atoms with Crippen LogP contribution in [0, 0.1) is 10.1 Å². The average molecular weight is 287 g/mol. The summed E-state index contributed by atoms with van der Waals surface area (Å²) in [7, 11) is 1.61. The van der Waals surface area contributed by atoms with Gasteiger partial charge in [-0.15, -0.1) is 0 Å². The summed E-state index contributed by atoms with van der Waals surface area (Å²) in [6.07, 6.45) is 3.25. The molecule has 0 aliphatic heterocycles. The van der Waals surface area contributed by atoms with E-state index in [1.807, 2.05) is 6.07 Å². The SMILES string of the molecule is CN(Cc1cccnc1)c1c(C(=O)O)cccc1[N+](=O)[O-]. The molecule has 1 aromatic heterocycles. The number of aromatic nitrogens is 1. The molecule has 0 aliphatic carbocycles. The van der Waals surface area contributed by atoms with Gasteiger partial charge in [-0.1, -0.05) is 12.1 Å². The number of carboxylic acid groups (broad SMARTS) is 1. The molecular formula is C14H13N3O4. The van der Waals surface area contributed by atoms with Crippen LogP contribution in [0.4, 0.5) is 11.4 Å². The molecule has 0 radical (unpaired) electrons. The second-order valence-electron chi connectivity index (χ2n) is 4.45. The summed E-state index contributed by atoms with van der Waals surface area (Å²) in [6.45, 7) is 0.318. The Morgan fingerprint density at radius 2 is 2.14 bits per heavy atom. The van der Waals surface area contributed by atoms with Crippen LogP contribution in [0.2, 0.25) is 0 Å². The van der Waals surface area contributed by atoms with Gasteiger partial charge in [-0.25, -0.2) is 4.79 Å². The lowest BCUT2D eigenvalue weighted by atomic mass is 10.1. The topological polar surface area (TPSA) is 96.6 Å². The van der Waals surface area contributed by atoms with E-state index in [1.54, 1.807) is 30.4 Å². The van der Waals surface area contributed by atoms with Crippen molar-refractivity contribution in [3.8, 4) is 0 Å². The normalized spacial score (nSPS) is 10.1. The lowest BCUT2D eigenvalue weighted by molar-refractivity contribution is -0.384. The Bertz CT molecular complexity index is 641. The molecule has 0 saturated carbocycles. The smallest absolute Gasteiger partial charge is 0.338 e. The van der Waals surface area contributed by atoms with Crippen LogP contribution in [-0.4, -0.2) is 28.0 Å². The molecule has 0 unspecified atom stereocenters. The van der Waals surface area contributed by atoms with E-state index in [2.05, 4.69) is 4.98 Å². The highest BCUT2D eigenvalue weighted by Crippen LogP contribution is 2.32. The maximum absolute atomic E-state index is 11.3. The van der Waals surface area contributed by atoms with E-state index in [4.69, 9.17) is 0 Å². The third kappa shape index (κ3) is 3.14. The number of benzene rings is 1. The van der Waals surface area contributed by atoms with Gasteiger partial charge in [0, 0.05) is 32.1 Å². The van der Waals surface area contributed by atoms with Gasteiger partial charge in [-0.3, -0.25) is 15.1 Å². The first-order valence-corrected chi connectivity index (χ1v) is 6.11. The van der Waals surface area contributed by atoms with Crippen molar-refractivity contribution in [1.29, 1.82) is 0 Å². The number of hydrogen-bond donors (Lipinski definition) is 1. The molecule has 7 heteroatoms. The Morgan fingerprint density at radius 3 is 2.71 bits per heavy atom. The van der Waals surface area contributed by atoms with Gasteiger partial charge in [0.15, 0.2) is 0 Å². The van der Waals surface area contributed by atoms with E-state index in [9.17, 15) is 20.0 Å². The summed E-state index contributed by atoms with van der Waals surface area (Å²) in [6, 6.07) is 7.58. The fourth-order valence-electron chi connectivity index (χ4n) is 2.10. The van der Waals surface area contributed by atoms with Crippen molar-refractivity contribution in [3.63, 3.8) is 0 Å². The van der Waals surface area contributed by atoms with E-state index in [-0.39, 0.29) is 16.9 Å². The summed E-state index contributed by atoms with van der Waals surface area (Å²) in [4.78, 5) is 27.3. The minimum absolute atomic E-state index is 0.0823. The van der Waals surface area contributed by atoms with Crippen molar-refractivity contribution in [3.05, 3.63) is 64.0 Å². The number of carboxylic acids is 1. The molecule has 1 N–H and O–H groups in total. The van der Waals surface area contributed by atoms with Crippen LogP contribution in [0.25, 0.3) is 0 Å². The summed E-state index contributed by atoms with van der Waals surface area (Å²) >= 11 is 0. The zero-order valence-electron chi connectivity index (χ0n) is 11.3. The van der Waals surface area contributed by atoms with E-state index in [0.717, 1.165) is 5.56 Å². The Morgan fingerprint density at radius 1 is 1.38 bits per heavy atom. The van der Waals surface area contributed by atoms with Crippen molar-refractivity contribution >= 4 is 17.3 Å². The zero-order valence-corrected chi connectivity index (χ0v) is 11.3. The summed E-state index contributed by atoms with van der Waals surface area (Å²) < 4.78 is 0. The van der Waals surface area contributed by atoms with Gasteiger partial charge in [0.05, 0.1) is 10.5 Å². The molecule has 7 nitrogen and oxygen atoms in total. The molecule has 0 bridgehead atoms. The van der Waals surface area contributed by atoms with Crippen LogP contribution < -0.4 is 4.90 Å². The quantitative estimate of drug-likeness (QED) is 0.669. The highest BCUT2D eigenvalue weighted by atomic mass is 16.6. The molecular weight excluding hydrogens is 274 g/mol. The predicted octanol–water partition coefficient (Wildman–Crippen LogP) is 2.32. The number of rotatable bonds is 5. The van der Waals surface area contributed by atoms with Gasteiger partial charge in [0.2, 0.25) is 0 Å². The van der Waals surface area contributed by atoms with Crippen molar-refractivity contribution in [2.24, 2.45) is 0 Å². The van der Waals surface area contributed by atoms with Crippen molar-refractivity contribution < 1.29 is 14.8 Å². The van der Waals surface area contributed by atoms with E-state index in [0.29, 0.717) is 6.54 Å². The fourth-order valence-corrected chi connectivity index (χ4v) is 2.10. The van der Waals surface area contributed by atoms with Crippen LogP contribution in [0.5, 0.6) is 0 Å². The van der Waals surface area contributed by atoms with Crippen molar-refractivity contribution in [2.75, 3.05) is 11.9 Å². The first kappa shape index (κ1) is 14.4. The Balaban J connectivity index is 2.45. The first-order chi connectivity index (χ1) is 10.0. The predicted molar refractivity (Wildman–Crippen MR) is 76.4 cm³/mol. The number of nitrogens with zero attached hydrogens (tertiary/aromatic N) is 3. The molecule has 0 amide bonds. The number of carbonyl (C=O) groups is 1. The first-order valence-electron chi connectivity index (χ1n) is 6.11. The van der Waals surface area contributed by atoms with Crippen LogP contribution in [0.1, 0.15) is 15.9 Å². The molecule has 1 aromatic carbocycles. The molecule has 1 heterocycles. The van der Waals surface area contributed by atoms with Gasteiger partial charge < -0.3 is 10.0 Å². The summed E-state index contributed by atoms with van der Waals surface area (Å²) in [5, 5.41) is 20.4. The van der Waals surface area contributed by atoms with Crippen molar-refractivity contribution in [2.45, 2.75) is 6.54 Å². The lowest BCUT2D eigenvalue weighted by Gasteiger charge is -2.20. The second-order valence-corrected chi connectivity index (χ2v) is 4.45. The second kappa shape index (κ2) is 6.00. The third-order valence-electron chi connectivity index (χ3n) is 2.97. The largest absolute Gasteiger partial charge is 0.478 e. The van der Waals surface area contributed by atoms with Gasteiger partial charge in [-0.2, -0.15) is 0 Å². The lowest BCUT2D eigenvalue weighted by Crippen LogP contribution is -2.21. The molecule has 2 rings (SSSR count). The zero-order chi connectivity index (χ0) is 15.4. The van der Waals surface area contributed by atoms with Crippen LogP contribution in [0.3, 0.4) is 0 Å². The molecule has 21 heavy (non-hydrogen) atoms. The average Bonchev–Trinajstić information content (AvgIpc) is 2.47. The standard InChI is InChI=1S/C14H13N3O4/c1-16(9-10-4-3-7-15-8-10)13-11(14(18)19)5-2-6-12(13)17(20)21/h2-8H,9H2,1H3,(H,18,19).